The Hall–Kier alpha value is -2.50. The van der Waals surface area contributed by atoms with Crippen LogP contribution in [-0.2, 0) is 0 Å². The molecule has 0 radical (unpaired) electrons. The second kappa shape index (κ2) is 6.91. The van der Waals surface area contributed by atoms with Gasteiger partial charge in [-0.2, -0.15) is 0 Å². The van der Waals surface area contributed by atoms with Crippen LogP contribution in [0.15, 0.2) is 54.7 Å². The number of nitrogens with zero attached hydrogens (tertiary/aromatic N) is 4. The van der Waals surface area contributed by atoms with E-state index in [9.17, 15) is 0 Å². The SMILES string of the molecule is N[C@H]1CCN([C@@H]2CCN(c3nccc(-c4ccc5ccccc5c4)n3)C2)C1. The summed E-state index contributed by atoms with van der Waals surface area (Å²) in [5.74, 6) is 0.839. The number of hydrogen-bond donors (Lipinski definition) is 1. The third-order valence-electron chi connectivity index (χ3n) is 5.91. The number of hydrogen-bond acceptors (Lipinski definition) is 5. The van der Waals surface area contributed by atoms with Gasteiger partial charge in [-0.15, -0.1) is 0 Å². The summed E-state index contributed by atoms with van der Waals surface area (Å²) < 4.78 is 0. The van der Waals surface area contributed by atoms with Gasteiger partial charge in [0, 0.05) is 50.0 Å². The first kappa shape index (κ1) is 16.7. The number of rotatable bonds is 3. The fourth-order valence-electron chi connectivity index (χ4n) is 4.38. The summed E-state index contributed by atoms with van der Waals surface area (Å²) in [4.78, 5) is 14.3. The first-order chi connectivity index (χ1) is 13.3. The third-order valence-corrected chi connectivity index (χ3v) is 5.91. The zero-order valence-electron chi connectivity index (χ0n) is 15.5. The molecule has 3 aromatic rings. The molecule has 2 N–H and O–H groups in total. The van der Waals surface area contributed by atoms with Crippen molar-refractivity contribution in [1.82, 2.24) is 14.9 Å². The minimum atomic E-state index is 0.339. The van der Waals surface area contributed by atoms with Gasteiger partial charge in [0.15, 0.2) is 0 Å². The van der Waals surface area contributed by atoms with E-state index in [-0.39, 0.29) is 0 Å². The molecule has 2 aromatic carbocycles. The van der Waals surface area contributed by atoms with Gasteiger partial charge in [-0.3, -0.25) is 4.90 Å². The zero-order valence-corrected chi connectivity index (χ0v) is 15.5. The van der Waals surface area contributed by atoms with E-state index in [0.29, 0.717) is 12.1 Å². The van der Waals surface area contributed by atoms with Crippen molar-refractivity contribution in [2.75, 3.05) is 31.1 Å². The summed E-state index contributed by atoms with van der Waals surface area (Å²) >= 11 is 0. The van der Waals surface area contributed by atoms with Crippen molar-refractivity contribution < 1.29 is 0 Å². The Labute approximate surface area is 159 Å². The molecule has 2 fully saturated rings. The molecule has 0 unspecified atom stereocenters. The van der Waals surface area contributed by atoms with Crippen molar-refractivity contribution >= 4 is 16.7 Å². The van der Waals surface area contributed by atoms with Crippen LogP contribution in [0.3, 0.4) is 0 Å². The van der Waals surface area contributed by atoms with E-state index in [0.717, 1.165) is 56.2 Å². The normalized spacial score (nSPS) is 23.4. The molecule has 0 bridgehead atoms. The van der Waals surface area contributed by atoms with E-state index < -0.39 is 0 Å². The minimum Gasteiger partial charge on any atom is -0.339 e. The second-order valence-electron chi connectivity index (χ2n) is 7.74. The molecule has 2 saturated heterocycles. The average molecular weight is 359 g/mol. The fourth-order valence-corrected chi connectivity index (χ4v) is 4.38. The second-order valence-corrected chi connectivity index (χ2v) is 7.74. The van der Waals surface area contributed by atoms with Gasteiger partial charge in [-0.1, -0.05) is 36.4 Å². The van der Waals surface area contributed by atoms with Gasteiger partial charge < -0.3 is 10.6 Å². The molecular formula is C22H25N5. The van der Waals surface area contributed by atoms with Crippen molar-refractivity contribution in [2.45, 2.75) is 24.9 Å². The maximum absolute atomic E-state index is 6.08. The lowest BCUT2D eigenvalue weighted by atomic mass is 10.1. The molecule has 2 aliphatic heterocycles. The average Bonchev–Trinajstić information content (AvgIpc) is 3.37. The maximum atomic E-state index is 6.08. The van der Waals surface area contributed by atoms with Gasteiger partial charge in [0.05, 0.1) is 5.69 Å². The van der Waals surface area contributed by atoms with Crippen LogP contribution in [0.4, 0.5) is 5.95 Å². The van der Waals surface area contributed by atoms with Gasteiger partial charge in [-0.25, -0.2) is 9.97 Å². The highest BCUT2D eigenvalue weighted by Crippen LogP contribution is 2.26. The number of anilines is 1. The van der Waals surface area contributed by atoms with E-state index >= 15 is 0 Å². The molecule has 2 aliphatic rings. The fraction of sp³-hybridized carbons (Fsp3) is 0.364. The summed E-state index contributed by atoms with van der Waals surface area (Å²) in [5, 5.41) is 2.49. The van der Waals surface area contributed by atoms with Crippen molar-refractivity contribution in [3.05, 3.63) is 54.7 Å². The molecule has 5 heteroatoms. The summed E-state index contributed by atoms with van der Waals surface area (Å²) in [6.45, 7) is 4.15. The van der Waals surface area contributed by atoms with Gasteiger partial charge in [0.1, 0.15) is 0 Å². The van der Waals surface area contributed by atoms with Crippen molar-refractivity contribution in [3.8, 4) is 11.3 Å². The molecule has 0 spiro atoms. The zero-order chi connectivity index (χ0) is 18.2. The number of likely N-dealkylation sites (tertiary alicyclic amines) is 1. The standard InChI is InChI=1S/C22H25N5/c23-19-8-11-26(14-19)20-9-12-27(15-20)22-24-10-7-21(25-22)18-6-5-16-3-1-2-4-17(16)13-18/h1-7,10,13,19-20H,8-9,11-12,14-15,23H2/t19-,20+/m0/s1. The van der Waals surface area contributed by atoms with E-state index in [1.165, 1.54) is 10.8 Å². The lowest BCUT2D eigenvalue weighted by molar-refractivity contribution is 0.257. The molecular weight excluding hydrogens is 334 g/mol. The molecule has 5 rings (SSSR count). The monoisotopic (exact) mass is 359 g/mol. The number of benzene rings is 2. The molecule has 27 heavy (non-hydrogen) atoms. The van der Waals surface area contributed by atoms with Crippen LogP contribution in [0.1, 0.15) is 12.8 Å². The number of nitrogens with two attached hydrogens (primary N) is 1. The van der Waals surface area contributed by atoms with E-state index in [2.05, 4.69) is 57.2 Å². The predicted octanol–water partition coefficient (Wildman–Crippen LogP) is 2.91. The summed E-state index contributed by atoms with van der Waals surface area (Å²) in [7, 11) is 0. The van der Waals surface area contributed by atoms with Crippen LogP contribution in [0, 0.1) is 0 Å². The van der Waals surface area contributed by atoms with E-state index in [1.54, 1.807) is 0 Å². The van der Waals surface area contributed by atoms with E-state index in [1.807, 2.05) is 12.3 Å². The van der Waals surface area contributed by atoms with Crippen LogP contribution in [0.25, 0.3) is 22.0 Å². The molecule has 5 nitrogen and oxygen atoms in total. The highest BCUT2D eigenvalue weighted by molar-refractivity contribution is 5.86. The predicted molar refractivity (Wildman–Crippen MR) is 110 cm³/mol. The molecule has 138 valence electrons. The molecule has 0 aliphatic carbocycles. The topological polar surface area (TPSA) is 58.3 Å². The van der Waals surface area contributed by atoms with Crippen LogP contribution in [0.5, 0.6) is 0 Å². The van der Waals surface area contributed by atoms with Crippen molar-refractivity contribution in [1.29, 1.82) is 0 Å². The smallest absolute Gasteiger partial charge is 0.225 e. The Morgan fingerprint density at radius 2 is 1.81 bits per heavy atom. The Morgan fingerprint density at radius 3 is 2.67 bits per heavy atom. The van der Waals surface area contributed by atoms with Crippen LogP contribution in [0.2, 0.25) is 0 Å². The lowest BCUT2D eigenvalue weighted by Gasteiger charge is -2.24. The first-order valence-corrected chi connectivity index (χ1v) is 9.83. The maximum Gasteiger partial charge on any atom is 0.225 e. The summed E-state index contributed by atoms with van der Waals surface area (Å²) in [5.41, 5.74) is 8.20. The Balaban J connectivity index is 1.37. The lowest BCUT2D eigenvalue weighted by Crippen LogP contribution is -2.37. The van der Waals surface area contributed by atoms with Crippen LogP contribution in [-0.4, -0.2) is 53.1 Å². The number of aromatic nitrogens is 2. The Morgan fingerprint density at radius 1 is 0.926 bits per heavy atom. The summed E-state index contributed by atoms with van der Waals surface area (Å²) in [6, 6.07) is 17.9. The molecule has 0 amide bonds. The largest absolute Gasteiger partial charge is 0.339 e. The van der Waals surface area contributed by atoms with E-state index in [4.69, 9.17) is 10.7 Å². The molecule has 1 aromatic heterocycles. The van der Waals surface area contributed by atoms with Gasteiger partial charge in [0.25, 0.3) is 0 Å². The van der Waals surface area contributed by atoms with Crippen LogP contribution < -0.4 is 10.6 Å². The number of fused-ring (bicyclic) bond motifs is 1. The highest BCUT2D eigenvalue weighted by atomic mass is 15.3. The van der Waals surface area contributed by atoms with Crippen molar-refractivity contribution in [3.63, 3.8) is 0 Å². The first-order valence-electron chi connectivity index (χ1n) is 9.83. The van der Waals surface area contributed by atoms with Gasteiger partial charge in [-0.05, 0) is 35.7 Å². The van der Waals surface area contributed by atoms with Gasteiger partial charge >= 0.3 is 0 Å². The summed E-state index contributed by atoms with van der Waals surface area (Å²) in [6.07, 6.45) is 4.16. The molecule has 3 heterocycles. The Bertz CT molecular complexity index is 956. The minimum absolute atomic E-state index is 0.339. The molecule has 0 saturated carbocycles. The Kier molecular flexibility index (Phi) is 4.26. The van der Waals surface area contributed by atoms with Crippen LogP contribution >= 0.6 is 0 Å². The quantitative estimate of drug-likeness (QED) is 0.779. The third kappa shape index (κ3) is 3.29. The van der Waals surface area contributed by atoms with Crippen molar-refractivity contribution in [2.24, 2.45) is 5.73 Å². The highest BCUT2D eigenvalue weighted by Gasteiger charge is 2.32. The van der Waals surface area contributed by atoms with Gasteiger partial charge in [0.2, 0.25) is 5.95 Å². The molecule has 2 atom stereocenters.